The number of aliphatic hydroxyl groups is 1. The zero-order chi connectivity index (χ0) is 10.9. The van der Waals surface area contributed by atoms with E-state index in [1.165, 1.54) is 0 Å². The lowest BCUT2D eigenvalue weighted by molar-refractivity contribution is 0.00458. The molecule has 1 fully saturated rings. The van der Waals surface area contributed by atoms with Crippen molar-refractivity contribution in [2.45, 2.75) is 44.0 Å². The Labute approximate surface area is 93.2 Å². The Morgan fingerprint density at radius 2 is 2.00 bits per heavy atom. The molecule has 6 unspecified atom stereocenters. The van der Waals surface area contributed by atoms with Crippen LogP contribution in [-0.4, -0.2) is 37.0 Å². The van der Waals surface area contributed by atoms with Crippen molar-refractivity contribution < 1.29 is 9.84 Å². The van der Waals surface area contributed by atoms with Gasteiger partial charge in [-0.05, 0) is 12.8 Å². The summed E-state index contributed by atoms with van der Waals surface area (Å²) in [5.41, 5.74) is 0. The molecule has 6 atom stereocenters. The van der Waals surface area contributed by atoms with Gasteiger partial charge in [0.2, 0.25) is 0 Å². The SMILES string of the molecule is [B]C(C)C1C(C)OC(CO)C1C(C)S. The highest BCUT2D eigenvalue weighted by Gasteiger charge is 2.44. The molecule has 80 valence electrons. The van der Waals surface area contributed by atoms with Crippen molar-refractivity contribution in [2.75, 3.05) is 6.61 Å². The Kier molecular flexibility index (Phi) is 4.35. The van der Waals surface area contributed by atoms with E-state index in [9.17, 15) is 5.11 Å². The van der Waals surface area contributed by atoms with Gasteiger partial charge >= 0.3 is 0 Å². The van der Waals surface area contributed by atoms with Gasteiger partial charge in [-0.2, -0.15) is 12.6 Å². The Balaban J connectivity index is 2.80. The van der Waals surface area contributed by atoms with Gasteiger partial charge in [0.25, 0.3) is 0 Å². The van der Waals surface area contributed by atoms with Crippen LogP contribution in [0, 0.1) is 11.8 Å². The number of aliphatic hydroxyl groups excluding tert-OH is 1. The number of thiol groups is 1. The van der Waals surface area contributed by atoms with Gasteiger partial charge < -0.3 is 9.84 Å². The molecule has 1 rings (SSSR count). The molecule has 0 aromatic carbocycles. The maximum Gasteiger partial charge on any atom is 0.0851 e. The second kappa shape index (κ2) is 4.91. The highest BCUT2D eigenvalue weighted by atomic mass is 32.1. The number of hydrogen-bond acceptors (Lipinski definition) is 3. The van der Waals surface area contributed by atoms with Gasteiger partial charge in [-0.25, -0.2) is 0 Å². The smallest absolute Gasteiger partial charge is 0.0851 e. The van der Waals surface area contributed by atoms with Crippen LogP contribution in [0.4, 0.5) is 0 Å². The molecule has 14 heavy (non-hydrogen) atoms. The van der Waals surface area contributed by atoms with Crippen molar-refractivity contribution in [1.29, 1.82) is 0 Å². The molecule has 1 heterocycles. The first kappa shape index (κ1) is 12.4. The van der Waals surface area contributed by atoms with Gasteiger partial charge in [0.1, 0.15) is 0 Å². The Bertz CT molecular complexity index is 187. The number of hydrogen-bond donors (Lipinski definition) is 2. The molecule has 1 N–H and O–H groups in total. The highest BCUT2D eigenvalue weighted by molar-refractivity contribution is 7.80. The monoisotopic (exact) mass is 214 g/mol. The van der Waals surface area contributed by atoms with Crippen LogP contribution in [0.5, 0.6) is 0 Å². The first-order valence-corrected chi connectivity index (χ1v) is 5.70. The van der Waals surface area contributed by atoms with Crippen LogP contribution in [0.25, 0.3) is 0 Å². The summed E-state index contributed by atoms with van der Waals surface area (Å²) in [5.74, 6) is 0.624. The van der Waals surface area contributed by atoms with E-state index in [2.05, 4.69) is 12.6 Å². The van der Waals surface area contributed by atoms with E-state index in [-0.39, 0.29) is 35.8 Å². The molecule has 0 amide bonds. The molecule has 1 aliphatic heterocycles. The number of ether oxygens (including phenoxy) is 1. The van der Waals surface area contributed by atoms with Gasteiger partial charge in [0, 0.05) is 11.2 Å². The van der Waals surface area contributed by atoms with Gasteiger partial charge in [0.05, 0.1) is 26.7 Å². The molecule has 1 saturated heterocycles. The summed E-state index contributed by atoms with van der Waals surface area (Å²) < 4.78 is 5.68. The predicted molar refractivity (Wildman–Crippen MR) is 62.0 cm³/mol. The van der Waals surface area contributed by atoms with Crippen LogP contribution < -0.4 is 0 Å². The Morgan fingerprint density at radius 1 is 1.43 bits per heavy atom. The van der Waals surface area contributed by atoms with E-state index in [1.807, 2.05) is 20.8 Å². The normalized spacial score (nSPS) is 42.4. The fraction of sp³-hybridized carbons (Fsp3) is 1.00. The predicted octanol–water partition coefficient (Wildman–Crippen LogP) is 1.29. The van der Waals surface area contributed by atoms with Crippen molar-refractivity contribution in [3.05, 3.63) is 0 Å². The topological polar surface area (TPSA) is 29.5 Å². The van der Waals surface area contributed by atoms with Crippen molar-refractivity contribution in [2.24, 2.45) is 11.8 Å². The Hall–Kier alpha value is 0.335. The maximum absolute atomic E-state index is 9.20. The lowest BCUT2D eigenvalue weighted by Crippen LogP contribution is -2.32. The molecule has 2 radical (unpaired) electrons. The fourth-order valence-electron chi connectivity index (χ4n) is 2.59. The average Bonchev–Trinajstić information content (AvgIpc) is 2.41. The molecule has 0 aromatic rings. The summed E-state index contributed by atoms with van der Waals surface area (Å²) in [6.07, 6.45) is 0.0141. The van der Waals surface area contributed by atoms with Crippen molar-refractivity contribution in [1.82, 2.24) is 0 Å². The summed E-state index contributed by atoms with van der Waals surface area (Å²) in [5, 5.41) is 9.40. The van der Waals surface area contributed by atoms with Crippen LogP contribution in [0.2, 0.25) is 5.82 Å². The third-order valence-corrected chi connectivity index (χ3v) is 3.49. The van der Waals surface area contributed by atoms with E-state index in [0.29, 0.717) is 5.92 Å². The molecule has 0 saturated carbocycles. The third kappa shape index (κ3) is 2.29. The quantitative estimate of drug-likeness (QED) is 0.547. The minimum absolute atomic E-state index is 0.0587. The minimum atomic E-state index is -0.103. The van der Waals surface area contributed by atoms with Crippen molar-refractivity contribution in [3.8, 4) is 0 Å². The lowest BCUT2D eigenvalue weighted by Gasteiger charge is -2.28. The van der Waals surface area contributed by atoms with E-state index in [1.54, 1.807) is 0 Å². The lowest BCUT2D eigenvalue weighted by atomic mass is 9.69. The molecule has 0 bridgehead atoms. The first-order valence-electron chi connectivity index (χ1n) is 5.19. The van der Waals surface area contributed by atoms with Gasteiger partial charge in [-0.15, -0.1) is 0 Å². The number of rotatable bonds is 3. The molecule has 4 heteroatoms. The molecule has 0 aromatic heterocycles. The van der Waals surface area contributed by atoms with E-state index in [4.69, 9.17) is 12.6 Å². The molecule has 0 spiro atoms. The first-order chi connectivity index (χ1) is 6.49. The van der Waals surface area contributed by atoms with Crippen LogP contribution in [0.3, 0.4) is 0 Å². The fourth-order valence-corrected chi connectivity index (χ4v) is 2.98. The molecular formula is C10H19BO2S. The minimum Gasteiger partial charge on any atom is -0.394 e. The molecule has 2 nitrogen and oxygen atoms in total. The van der Waals surface area contributed by atoms with Gasteiger partial charge in [-0.3, -0.25) is 0 Å². The summed E-state index contributed by atoms with van der Waals surface area (Å²) in [6.45, 7) is 6.11. The van der Waals surface area contributed by atoms with Gasteiger partial charge in [-0.1, -0.05) is 19.7 Å². The van der Waals surface area contributed by atoms with Crippen LogP contribution >= 0.6 is 12.6 Å². The zero-order valence-electron chi connectivity index (χ0n) is 9.05. The summed E-state index contributed by atoms with van der Waals surface area (Å²) >= 11 is 4.45. The highest BCUT2D eigenvalue weighted by Crippen LogP contribution is 2.41. The second-order valence-electron chi connectivity index (χ2n) is 4.32. The van der Waals surface area contributed by atoms with Crippen LogP contribution in [0.1, 0.15) is 20.8 Å². The van der Waals surface area contributed by atoms with Gasteiger partial charge in [0.15, 0.2) is 0 Å². The van der Waals surface area contributed by atoms with Crippen LogP contribution in [-0.2, 0) is 4.74 Å². The van der Waals surface area contributed by atoms with Crippen LogP contribution in [0.15, 0.2) is 0 Å². The van der Waals surface area contributed by atoms with Crippen molar-refractivity contribution >= 4 is 20.5 Å². The molecule has 1 aliphatic rings. The van der Waals surface area contributed by atoms with E-state index >= 15 is 0 Å². The standard InChI is InChI=1S/C10H19BO2S/c1-5(11)9-6(2)13-8(4-12)10(9)7(3)14/h5-10,12,14H,4H2,1-3H3. The molecule has 0 aliphatic carbocycles. The maximum atomic E-state index is 9.20. The largest absolute Gasteiger partial charge is 0.394 e. The van der Waals surface area contributed by atoms with E-state index in [0.717, 1.165) is 0 Å². The summed E-state index contributed by atoms with van der Waals surface area (Å²) in [4.78, 5) is 0. The zero-order valence-corrected chi connectivity index (χ0v) is 9.95. The molecular weight excluding hydrogens is 195 g/mol. The average molecular weight is 214 g/mol. The summed E-state index contributed by atoms with van der Waals surface area (Å²) in [7, 11) is 5.94. The van der Waals surface area contributed by atoms with Crippen molar-refractivity contribution in [3.63, 3.8) is 0 Å². The summed E-state index contributed by atoms with van der Waals surface area (Å²) in [6, 6.07) is 0. The second-order valence-corrected chi connectivity index (χ2v) is 5.13. The Morgan fingerprint density at radius 3 is 2.36 bits per heavy atom. The third-order valence-electron chi connectivity index (χ3n) is 3.15. The van der Waals surface area contributed by atoms with E-state index < -0.39 is 0 Å².